The summed E-state index contributed by atoms with van der Waals surface area (Å²) in [6.07, 6.45) is 0. The van der Waals surface area contributed by atoms with Crippen LogP contribution < -0.4 is 10.6 Å². The molecular formula is C15H22N6O2. The maximum absolute atomic E-state index is 12.0. The van der Waals surface area contributed by atoms with Gasteiger partial charge in [-0.15, -0.1) is 0 Å². The van der Waals surface area contributed by atoms with Crippen LogP contribution in [0.4, 0.5) is 0 Å². The Kier molecular flexibility index (Phi) is 5.15. The van der Waals surface area contributed by atoms with Crippen molar-refractivity contribution in [2.45, 2.75) is 27.3 Å². The van der Waals surface area contributed by atoms with Gasteiger partial charge in [0.1, 0.15) is 5.69 Å². The molecule has 0 aromatic carbocycles. The van der Waals surface area contributed by atoms with Crippen LogP contribution in [0.15, 0.2) is 12.1 Å². The average Bonchev–Trinajstić information content (AvgIpc) is 2.97. The first-order chi connectivity index (χ1) is 10.9. The van der Waals surface area contributed by atoms with E-state index in [4.69, 9.17) is 0 Å². The lowest BCUT2D eigenvalue weighted by atomic mass is 10.3. The molecule has 0 radical (unpaired) electrons. The van der Waals surface area contributed by atoms with Crippen molar-refractivity contribution in [2.24, 2.45) is 7.05 Å². The minimum absolute atomic E-state index is 0.0693. The molecule has 2 aromatic heterocycles. The molecule has 8 nitrogen and oxygen atoms in total. The third kappa shape index (κ3) is 4.41. The van der Waals surface area contributed by atoms with Gasteiger partial charge in [-0.1, -0.05) is 0 Å². The minimum atomic E-state index is -0.318. The van der Waals surface area contributed by atoms with E-state index in [9.17, 15) is 9.59 Å². The number of aromatic nitrogens is 4. The first kappa shape index (κ1) is 16.7. The lowest BCUT2D eigenvalue weighted by molar-refractivity contribution is -0.120. The normalized spacial score (nSPS) is 10.6. The highest BCUT2D eigenvalue weighted by molar-refractivity contribution is 5.95. The van der Waals surface area contributed by atoms with E-state index in [1.807, 2.05) is 31.5 Å². The Balaban J connectivity index is 1.74. The number of rotatable bonds is 6. The Labute approximate surface area is 134 Å². The summed E-state index contributed by atoms with van der Waals surface area (Å²) < 4.78 is 3.33. The van der Waals surface area contributed by atoms with Gasteiger partial charge in [0.05, 0.1) is 24.5 Å². The van der Waals surface area contributed by atoms with Crippen LogP contribution in [0, 0.1) is 20.8 Å². The maximum Gasteiger partial charge on any atom is 0.269 e. The number of carbonyl (C=O) groups excluding carboxylic acids is 2. The van der Waals surface area contributed by atoms with Crippen LogP contribution in [0.1, 0.15) is 27.6 Å². The highest BCUT2D eigenvalue weighted by Gasteiger charge is 2.12. The van der Waals surface area contributed by atoms with E-state index >= 15 is 0 Å². The van der Waals surface area contributed by atoms with Crippen molar-refractivity contribution in [3.63, 3.8) is 0 Å². The summed E-state index contributed by atoms with van der Waals surface area (Å²) in [5.41, 5.74) is 3.19. The van der Waals surface area contributed by atoms with Gasteiger partial charge >= 0.3 is 0 Å². The number of nitrogens with zero attached hydrogens (tertiary/aromatic N) is 4. The molecular weight excluding hydrogens is 296 g/mol. The third-order valence-electron chi connectivity index (χ3n) is 3.39. The Hall–Kier alpha value is -2.64. The van der Waals surface area contributed by atoms with Gasteiger partial charge in [-0.05, 0) is 32.9 Å². The summed E-state index contributed by atoms with van der Waals surface area (Å²) in [5, 5.41) is 13.8. The second-order valence-corrected chi connectivity index (χ2v) is 5.48. The number of hydrogen-bond donors (Lipinski definition) is 2. The van der Waals surface area contributed by atoms with Gasteiger partial charge in [-0.25, -0.2) is 0 Å². The van der Waals surface area contributed by atoms with Crippen molar-refractivity contribution in [3.05, 3.63) is 34.9 Å². The predicted octanol–water partition coefficient (Wildman–Crippen LogP) is 0.0881. The van der Waals surface area contributed by atoms with Crippen LogP contribution in [0.5, 0.6) is 0 Å². The molecule has 0 bridgehead atoms. The van der Waals surface area contributed by atoms with Crippen molar-refractivity contribution in [1.29, 1.82) is 0 Å². The molecule has 0 aliphatic carbocycles. The van der Waals surface area contributed by atoms with Gasteiger partial charge in [0.25, 0.3) is 5.91 Å². The third-order valence-corrected chi connectivity index (χ3v) is 3.39. The number of carbonyl (C=O) groups is 2. The van der Waals surface area contributed by atoms with Crippen molar-refractivity contribution in [3.8, 4) is 0 Å². The summed E-state index contributed by atoms with van der Waals surface area (Å²) in [7, 11) is 1.69. The highest BCUT2D eigenvalue weighted by atomic mass is 16.2. The lowest BCUT2D eigenvalue weighted by Gasteiger charge is -2.08. The van der Waals surface area contributed by atoms with Gasteiger partial charge in [0.2, 0.25) is 5.91 Å². The molecule has 0 aliphatic heterocycles. The van der Waals surface area contributed by atoms with Crippen LogP contribution in [0.3, 0.4) is 0 Å². The summed E-state index contributed by atoms with van der Waals surface area (Å²) >= 11 is 0. The number of hydrogen-bond acceptors (Lipinski definition) is 4. The number of amides is 2. The fourth-order valence-electron chi connectivity index (χ4n) is 2.34. The smallest absolute Gasteiger partial charge is 0.269 e. The van der Waals surface area contributed by atoms with E-state index in [0.717, 1.165) is 17.1 Å². The topological polar surface area (TPSA) is 93.8 Å². The van der Waals surface area contributed by atoms with Gasteiger partial charge in [-0.3, -0.25) is 19.0 Å². The fraction of sp³-hybridized carbons (Fsp3) is 0.467. The van der Waals surface area contributed by atoms with E-state index in [1.165, 1.54) is 4.68 Å². The van der Waals surface area contributed by atoms with Crippen LogP contribution in [-0.4, -0.2) is 44.5 Å². The SMILES string of the molecule is Cc1cc(C(=O)NCC(=O)NCCn2nc(C)cc2C)n(C)n1. The zero-order valence-corrected chi connectivity index (χ0v) is 13.9. The van der Waals surface area contributed by atoms with Gasteiger partial charge in [0, 0.05) is 19.3 Å². The predicted molar refractivity (Wildman–Crippen MR) is 85.0 cm³/mol. The molecule has 8 heteroatoms. The molecule has 23 heavy (non-hydrogen) atoms. The Morgan fingerprint density at radius 2 is 1.78 bits per heavy atom. The second kappa shape index (κ2) is 7.08. The fourth-order valence-corrected chi connectivity index (χ4v) is 2.34. The quantitative estimate of drug-likeness (QED) is 0.789. The largest absolute Gasteiger partial charge is 0.353 e. The molecule has 0 fully saturated rings. The summed E-state index contributed by atoms with van der Waals surface area (Å²) in [5.74, 6) is -0.555. The molecule has 124 valence electrons. The molecule has 0 aliphatic rings. The molecule has 2 rings (SSSR count). The van der Waals surface area contributed by atoms with E-state index in [-0.39, 0.29) is 18.4 Å². The van der Waals surface area contributed by atoms with Crippen LogP contribution in [-0.2, 0) is 18.4 Å². The van der Waals surface area contributed by atoms with Crippen LogP contribution in [0.25, 0.3) is 0 Å². The van der Waals surface area contributed by atoms with Crippen LogP contribution >= 0.6 is 0 Å². The number of nitrogens with one attached hydrogen (secondary N) is 2. The lowest BCUT2D eigenvalue weighted by Crippen LogP contribution is -2.38. The number of aryl methyl sites for hydroxylation is 4. The van der Waals surface area contributed by atoms with E-state index in [1.54, 1.807) is 13.1 Å². The minimum Gasteiger partial charge on any atom is -0.353 e. The first-order valence-corrected chi connectivity index (χ1v) is 7.43. The molecule has 0 atom stereocenters. The average molecular weight is 318 g/mol. The molecule has 2 heterocycles. The maximum atomic E-state index is 12.0. The summed E-state index contributed by atoms with van der Waals surface area (Å²) in [4.78, 5) is 23.7. The molecule has 0 saturated heterocycles. The summed E-state index contributed by atoms with van der Waals surface area (Å²) in [6, 6.07) is 3.66. The van der Waals surface area contributed by atoms with E-state index < -0.39 is 0 Å². The Bertz CT molecular complexity index is 716. The second-order valence-electron chi connectivity index (χ2n) is 5.48. The Morgan fingerprint density at radius 3 is 2.35 bits per heavy atom. The van der Waals surface area contributed by atoms with Crippen molar-refractivity contribution < 1.29 is 9.59 Å². The molecule has 0 saturated carbocycles. The molecule has 2 amide bonds. The Morgan fingerprint density at radius 1 is 1.09 bits per heavy atom. The van der Waals surface area contributed by atoms with Crippen molar-refractivity contribution in [1.82, 2.24) is 30.2 Å². The van der Waals surface area contributed by atoms with Gasteiger partial charge in [0.15, 0.2) is 0 Å². The van der Waals surface area contributed by atoms with E-state index in [2.05, 4.69) is 20.8 Å². The standard InChI is InChI=1S/C15H22N6O2/c1-10-7-12(3)21(19-10)6-5-16-14(22)9-17-15(23)13-8-11(2)18-20(13)4/h7-8H,5-6,9H2,1-4H3,(H,16,22)(H,17,23). The highest BCUT2D eigenvalue weighted by Crippen LogP contribution is 2.01. The monoisotopic (exact) mass is 318 g/mol. The van der Waals surface area contributed by atoms with Crippen molar-refractivity contribution in [2.75, 3.05) is 13.1 Å². The zero-order chi connectivity index (χ0) is 17.0. The van der Waals surface area contributed by atoms with Crippen LogP contribution in [0.2, 0.25) is 0 Å². The molecule has 2 aromatic rings. The van der Waals surface area contributed by atoms with Crippen molar-refractivity contribution >= 4 is 11.8 Å². The first-order valence-electron chi connectivity index (χ1n) is 7.43. The molecule has 0 spiro atoms. The van der Waals surface area contributed by atoms with Gasteiger partial charge in [-0.2, -0.15) is 10.2 Å². The molecule has 0 unspecified atom stereocenters. The zero-order valence-electron chi connectivity index (χ0n) is 13.9. The van der Waals surface area contributed by atoms with E-state index in [0.29, 0.717) is 18.8 Å². The summed E-state index contributed by atoms with van der Waals surface area (Å²) in [6.45, 7) is 6.69. The van der Waals surface area contributed by atoms with Gasteiger partial charge < -0.3 is 10.6 Å². The molecule has 2 N–H and O–H groups in total.